The van der Waals surface area contributed by atoms with Gasteiger partial charge in [0.05, 0.1) is 6.10 Å². The number of carbonyl (C=O) groups excluding carboxylic acids is 1. The van der Waals surface area contributed by atoms with Crippen LogP contribution in [-0.4, -0.2) is 55.3 Å². The van der Waals surface area contributed by atoms with Crippen LogP contribution in [0, 0.1) is 0 Å². The molecule has 0 aromatic carbocycles. The van der Waals surface area contributed by atoms with Crippen LogP contribution in [-0.2, 0) is 22.8 Å². The molecule has 0 bridgehead atoms. The standard InChI is InChI=1S/C44H90O5Si3/c1-17-18-19-20-21-22-23-24-25-26-27-28-30-37(47-50(11,12)42(2,3)4)33-34-39(48-51(13,14)43(5,6)7)36-40(49-52(15,16)44(8,9)10)35-38-31-29-32-41(45)46-38/h29,32,37-40H,17-28,30-31,33-36H2,1-16H3/t37-,38-,39+,40-/m1/s1. The molecule has 0 saturated heterocycles. The summed E-state index contributed by atoms with van der Waals surface area (Å²) >= 11 is 0. The Hall–Kier alpha value is -0.259. The molecule has 5 nitrogen and oxygen atoms in total. The molecule has 0 unspecified atom stereocenters. The van der Waals surface area contributed by atoms with E-state index in [1.807, 2.05) is 6.08 Å². The molecule has 8 heteroatoms. The molecule has 308 valence electrons. The number of rotatable bonds is 26. The Bertz CT molecular complexity index is 1020. The summed E-state index contributed by atoms with van der Waals surface area (Å²) in [6, 6.07) is 0. The first-order valence-corrected chi connectivity index (χ1v) is 30.4. The van der Waals surface area contributed by atoms with Gasteiger partial charge in [-0.25, -0.2) is 4.79 Å². The molecule has 0 aliphatic carbocycles. The van der Waals surface area contributed by atoms with Gasteiger partial charge in [-0.15, -0.1) is 0 Å². The number of ether oxygens (including phenoxy) is 1. The fourth-order valence-electron chi connectivity index (χ4n) is 6.34. The lowest BCUT2D eigenvalue weighted by Crippen LogP contribution is -2.48. The molecule has 4 atom stereocenters. The Morgan fingerprint density at radius 3 is 1.40 bits per heavy atom. The number of carbonyl (C=O) groups is 1. The lowest BCUT2D eigenvalue weighted by Gasteiger charge is -2.43. The molecule has 0 fully saturated rings. The number of hydrogen-bond acceptors (Lipinski definition) is 5. The molecule has 0 spiro atoms. The van der Waals surface area contributed by atoms with Crippen molar-refractivity contribution < 1.29 is 22.8 Å². The van der Waals surface area contributed by atoms with E-state index in [1.54, 1.807) is 6.08 Å². The summed E-state index contributed by atoms with van der Waals surface area (Å²) in [4.78, 5) is 12.2. The number of cyclic esters (lactones) is 1. The van der Waals surface area contributed by atoms with Crippen LogP contribution in [0.3, 0.4) is 0 Å². The third-order valence-electron chi connectivity index (χ3n) is 13.0. The van der Waals surface area contributed by atoms with Crippen molar-refractivity contribution in [2.75, 3.05) is 0 Å². The topological polar surface area (TPSA) is 54.0 Å². The van der Waals surface area contributed by atoms with Gasteiger partial charge in [0.1, 0.15) is 6.10 Å². The zero-order valence-corrected chi connectivity index (χ0v) is 40.7. The first kappa shape index (κ1) is 49.8. The van der Waals surface area contributed by atoms with Crippen molar-refractivity contribution in [3.63, 3.8) is 0 Å². The van der Waals surface area contributed by atoms with Crippen molar-refractivity contribution in [2.24, 2.45) is 0 Å². The summed E-state index contributed by atoms with van der Waals surface area (Å²) in [7, 11) is -6.12. The lowest BCUT2D eigenvalue weighted by molar-refractivity contribution is -0.145. The predicted octanol–water partition coefficient (Wildman–Crippen LogP) is 14.7. The molecule has 0 radical (unpaired) electrons. The molecule has 1 rings (SSSR count). The second kappa shape index (κ2) is 22.5. The predicted molar refractivity (Wildman–Crippen MR) is 234 cm³/mol. The minimum Gasteiger partial charge on any atom is -0.459 e. The Morgan fingerprint density at radius 1 is 0.596 bits per heavy atom. The van der Waals surface area contributed by atoms with E-state index in [1.165, 1.54) is 77.0 Å². The molecule has 0 saturated carbocycles. The highest BCUT2D eigenvalue weighted by Crippen LogP contribution is 2.42. The minimum atomic E-state index is -2.09. The second-order valence-corrected chi connectivity index (χ2v) is 35.2. The Balaban J connectivity index is 3.13. The van der Waals surface area contributed by atoms with Gasteiger partial charge < -0.3 is 18.0 Å². The maximum absolute atomic E-state index is 12.2. The van der Waals surface area contributed by atoms with Crippen molar-refractivity contribution in [1.82, 2.24) is 0 Å². The van der Waals surface area contributed by atoms with Gasteiger partial charge in [-0.1, -0.05) is 152 Å². The van der Waals surface area contributed by atoms with Crippen molar-refractivity contribution in [1.29, 1.82) is 0 Å². The van der Waals surface area contributed by atoms with Gasteiger partial charge >= 0.3 is 5.97 Å². The third kappa shape index (κ3) is 19.1. The van der Waals surface area contributed by atoms with Crippen LogP contribution in [0.5, 0.6) is 0 Å². The van der Waals surface area contributed by atoms with E-state index in [9.17, 15) is 4.79 Å². The Kier molecular flexibility index (Phi) is 21.5. The van der Waals surface area contributed by atoms with E-state index in [2.05, 4.69) is 109 Å². The summed E-state index contributed by atoms with van der Waals surface area (Å²) in [5.41, 5.74) is 0. The average molecular weight is 783 g/mol. The van der Waals surface area contributed by atoms with Gasteiger partial charge in [0.15, 0.2) is 25.0 Å². The number of hydrogen-bond donors (Lipinski definition) is 0. The van der Waals surface area contributed by atoms with Crippen molar-refractivity contribution in [3.05, 3.63) is 12.2 Å². The monoisotopic (exact) mass is 783 g/mol. The smallest absolute Gasteiger partial charge is 0.330 e. The normalized spacial score (nSPS) is 18.4. The first-order chi connectivity index (χ1) is 23.8. The van der Waals surface area contributed by atoms with Crippen LogP contribution >= 0.6 is 0 Å². The summed E-state index contributed by atoms with van der Waals surface area (Å²) in [5.74, 6) is -0.236. The van der Waals surface area contributed by atoms with E-state index in [0.29, 0.717) is 6.42 Å². The SMILES string of the molecule is CCCCCCCCCCCCCC[C@H](CC[C@@H](C[C@@H](C[C@H]1CC=CC(=O)O1)O[Si](C)(C)C(C)(C)C)O[Si](C)(C)C(C)(C)C)O[Si](C)(C)C(C)(C)C. The molecular weight excluding hydrogens is 693 g/mol. The zero-order chi connectivity index (χ0) is 39.9. The molecule has 0 aromatic rings. The maximum Gasteiger partial charge on any atom is 0.330 e. The van der Waals surface area contributed by atoms with E-state index < -0.39 is 25.0 Å². The van der Waals surface area contributed by atoms with Crippen molar-refractivity contribution >= 4 is 30.9 Å². The van der Waals surface area contributed by atoms with Crippen LogP contribution in [0.2, 0.25) is 54.4 Å². The van der Waals surface area contributed by atoms with Gasteiger partial charge in [0.25, 0.3) is 0 Å². The molecule has 52 heavy (non-hydrogen) atoms. The largest absolute Gasteiger partial charge is 0.459 e. The molecule has 0 amide bonds. The Labute approximate surface area is 328 Å². The van der Waals surface area contributed by atoms with Crippen molar-refractivity contribution in [3.8, 4) is 0 Å². The molecule has 0 N–H and O–H groups in total. The van der Waals surface area contributed by atoms with E-state index in [4.69, 9.17) is 18.0 Å². The fourth-order valence-corrected chi connectivity index (χ4v) is 10.5. The Morgan fingerprint density at radius 2 is 0.981 bits per heavy atom. The van der Waals surface area contributed by atoms with Crippen LogP contribution in [0.1, 0.15) is 185 Å². The van der Waals surface area contributed by atoms with E-state index in [0.717, 1.165) is 32.1 Å². The van der Waals surface area contributed by atoms with E-state index >= 15 is 0 Å². The molecule has 1 aliphatic heterocycles. The second-order valence-electron chi connectivity index (χ2n) is 20.9. The van der Waals surface area contributed by atoms with Gasteiger partial charge in [0.2, 0.25) is 0 Å². The summed E-state index contributed by atoms with van der Waals surface area (Å²) in [5, 5.41) is 0.365. The van der Waals surface area contributed by atoms with E-state index in [-0.39, 0.29) is 45.5 Å². The average Bonchev–Trinajstić information content (AvgIpc) is 2.98. The quantitative estimate of drug-likeness (QED) is 0.0497. The lowest BCUT2D eigenvalue weighted by atomic mass is 9.98. The van der Waals surface area contributed by atoms with Crippen LogP contribution in [0.15, 0.2) is 12.2 Å². The molecule has 1 heterocycles. The highest BCUT2D eigenvalue weighted by molar-refractivity contribution is 6.75. The molecular formula is C44H90O5Si3. The zero-order valence-electron chi connectivity index (χ0n) is 37.7. The van der Waals surface area contributed by atoms with Gasteiger partial charge in [0, 0.05) is 31.1 Å². The summed E-state index contributed by atoms with van der Waals surface area (Å²) in [6.45, 7) is 37.6. The van der Waals surface area contributed by atoms with Gasteiger partial charge in [-0.05, 0) is 80.1 Å². The number of esters is 1. The highest BCUT2D eigenvalue weighted by Gasteiger charge is 2.43. The fraction of sp³-hybridized carbons (Fsp3) is 0.932. The molecule has 0 aromatic heterocycles. The van der Waals surface area contributed by atoms with Crippen molar-refractivity contribution in [2.45, 2.75) is 264 Å². The van der Waals surface area contributed by atoms with Gasteiger partial charge in [-0.2, -0.15) is 0 Å². The molecule has 1 aliphatic rings. The van der Waals surface area contributed by atoms with Crippen LogP contribution < -0.4 is 0 Å². The minimum absolute atomic E-state index is 0.0314. The van der Waals surface area contributed by atoms with Crippen LogP contribution in [0.25, 0.3) is 0 Å². The maximum atomic E-state index is 12.2. The highest BCUT2D eigenvalue weighted by atomic mass is 28.4. The first-order valence-electron chi connectivity index (χ1n) is 21.7. The third-order valence-corrected chi connectivity index (χ3v) is 26.6. The summed E-state index contributed by atoms with van der Waals surface area (Å²) in [6.07, 6.45) is 25.5. The van der Waals surface area contributed by atoms with Crippen LogP contribution in [0.4, 0.5) is 0 Å². The van der Waals surface area contributed by atoms with Gasteiger partial charge in [-0.3, -0.25) is 0 Å². The summed E-state index contributed by atoms with van der Waals surface area (Å²) < 4.78 is 27.5. The number of unbranched alkanes of at least 4 members (excludes halogenated alkanes) is 11.